The number of carbonyl (C=O) groups is 2. The Morgan fingerprint density at radius 1 is 1.02 bits per heavy atom. The van der Waals surface area contributed by atoms with Gasteiger partial charge in [-0.1, -0.05) is 45.0 Å². The number of primary amides is 1. The van der Waals surface area contributed by atoms with Crippen LogP contribution in [0.15, 0.2) is 79.1 Å². The predicted molar refractivity (Wildman–Crippen MR) is 158 cm³/mol. The fourth-order valence-corrected chi connectivity index (χ4v) is 4.43. The van der Waals surface area contributed by atoms with E-state index in [0.29, 0.717) is 19.4 Å². The van der Waals surface area contributed by atoms with E-state index in [1.54, 1.807) is 24.5 Å². The molecule has 0 bridgehead atoms. The number of aromatic hydroxyl groups is 1. The van der Waals surface area contributed by atoms with Crippen LogP contribution in [0.25, 0.3) is 16.9 Å². The van der Waals surface area contributed by atoms with Crippen molar-refractivity contribution in [2.45, 2.75) is 51.5 Å². The molecule has 9 heteroatoms. The summed E-state index contributed by atoms with van der Waals surface area (Å²) in [6.45, 7) is 6.73. The maximum atomic E-state index is 12.4. The molecule has 4 rings (SSSR count). The highest BCUT2D eigenvalue weighted by Gasteiger charge is 2.19. The Morgan fingerprint density at radius 2 is 1.71 bits per heavy atom. The quantitative estimate of drug-likeness (QED) is 0.226. The number of benzene rings is 2. The maximum absolute atomic E-state index is 12.4. The fourth-order valence-electron chi connectivity index (χ4n) is 4.43. The Bertz CT molecular complexity index is 1440. The zero-order valence-corrected chi connectivity index (χ0v) is 23.7. The number of hydrogen-bond donors (Lipinski definition) is 3. The van der Waals surface area contributed by atoms with Gasteiger partial charge >= 0.3 is 0 Å². The summed E-state index contributed by atoms with van der Waals surface area (Å²) in [5, 5.41) is 17.0. The number of phenols is 1. The van der Waals surface area contributed by atoms with Gasteiger partial charge < -0.3 is 20.9 Å². The highest BCUT2D eigenvalue weighted by molar-refractivity contribution is 5.87. The smallest absolute Gasteiger partial charge is 0.246 e. The van der Waals surface area contributed by atoms with Crippen LogP contribution in [0.4, 0.5) is 0 Å². The van der Waals surface area contributed by atoms with Gasteiger partial charge in [-0.15, -0.1) is 0 Å². The lowest BCUT2D eigenvalue weighted by atomic mass is 9.87. The number of amides is 2. The molecule has 0 spiro atoms. The van der Waals surface area contributed by atoms with Crippen molar-refractivity contribution in [2.24, 2.45) is 5.73 Å². The van der Waals surface area contributed by atoms with Crippen molar-refractivity contribution in [3.63, 3.8) is 0 Å². The second-order valence-corrected chi connectivity index (χ2v) is 11.0. The molecule has 2 heterocycles. The van der Waals surface area contributed by atoms with Gasteiger partial charge in [-0.2, -0.15) is 5.10 Å². The highest BCUT2D eigenvalue weighted by Crippen LogP contribution is 2.26. The molecule has 0 radical (unpaired) electrons. The molecule has 4 aromatic rings. The highest BCUT2D eigenvalue weighted by atomic mass is 16.5. The Hall–Kier alpha value is -4.50. The number of nitrogens with two attached hydrogens (primary N) is 1. The Labute approximate surface area is 240 Å². The van der Waals surface area contributed by atoms with Gasteiger partial charge in [-0.3, -0.25) is 14.6 Å². The average molecular weight is 556 g/mol. The predicted octanol–water partition coefficient (Wildman–Crippen LogP) is 4.10. The van der Waals surface area contributed by atoms with Crippen molar-refractivity contribution in [1.82, 2.24) is 20.1 Å². The molecule has 1 atom stereocenters. The van der Waals surface area contributed by atoms with Crippen LogP contribution in [0.1, 0.15) is 44.0 Å². The summed E-state index contributed by atoms with van der Waals surface area (Å²) >= 11 is 0. The zero-order chi connectivity index (χ0) is 29.4. The minimum Gasteiger partial charge on any atom is -0.508 e. The van der Waals surface area contributed by atoms with Gasteiger partial charge in [0.2, 0.25) is 11.8 Å². The third-order valence-electron chi connectivity index (χ3n) is 6.75. The van der Waals surface area contributed by atoms with Crippen LogP contribution in [-0.2, 0) is 32.6 Å². The lowest BCUT2D eigenvalue weighted by Crippen LogP contribution is -2.47. The topological polar surface area (TPSA) is 132 Å². The molecule has 41 heavy (non-hydrogen) atoms. The van der Waals surface area contributed by atoms with Crippen molar-refractivity contribution in [2.75, 3.05) is 13.2 Å². The van der Waals surface area contributed by atoms with Crippen LogP contribution in [-0.4, -0.2) is 50.9 Å². The van der Waals surface area contributed by atoms with Gasteiger partial charge in [-0.25, -0.2) is 4.68 Å². The van der Waals surface area contributed by atoms with Crippen LogP contribution < -0.4 is 11.1 Å². The van der Waals surface area contributed by atoms with E-state index in [9.17, 15) is 14.7 Å². The zero-order valence-electron chi connectivity index (χ0n) is 23.7. The molecule has 2 aromatic heterocycles. The van der Waals surface area contributed by atoms with Crippen LogP contribution in [0.2, 0.25) is 0 Å². The van der Waals surface area contributed by atoms with Crippen molar-refractivity contribution in [3.8, 4) is 22.7 Å². The number of ether oxygens (including phenoxy) is 1. The van der Waals surface area contributed by atoms with E-state index in [0.717, 1.165) is 28.2 Å². The molecule has 1 unspecified atom stereocenters. The van der Waals surface area contributed by atoms with Gasteiger partial charge in [0.25, 0.3) is 0 Å². The summed E-state index contributed by atoms with van der Waals surface area (Å²) < 4.78 is 7.57. The number of hydrogen-bond acceptors (Lipinski definition) is 6. The first-order valence-electron chi connectivity index (χ1n) is 13.6. The molecular formula is C32H37N5O4. The molecule has 214 valence electrons. The minimum atomic E-state index is -0.874. The van der Waals surface area contributed by atoms with E-state index in [4.69, 9.17) is 15.6 Å². The van der Waals surface area contributed by atoms with Gasteiger partial charge in [-0.05, 0) is 71.8 Å². The van der Waals surface area contributed by atoms with E-state index in [1.807, 2.05) is 16.8 Å². The molecule has 9 nitrogen and oxygen atoms in total. The van der Waals surface area contributed by atoms with Gasteiger partial charge in [0.15, 0.2) is 0 Å². The SMILES string of the molecule is CC(C)(C)c1ccc(-n2nc(-c3ccncc3)cc2CCCOCC(=O)NC(Cc2ccc(O)cc2)C(N)=O)cc1. The van der Waals surface area contributed by atoms with Gasteiger partial charge in [0.1, 0.15) is 18.4 Å². The summed E-state index contributed by atoms with van der Waals surface area (Å²) in [6, 6.07) is 19.9. The minimum absolute atomic E-state index is 0.0558. The molecule has 0 aliphatic rings. The molecule has 0 fully saturated rings. The number of phenolic OH excluding ortho intramolecular Hbond substituents is 1. The lowest BCUT2D eigenvalue weighted by molar-refractivity contribution is -0.130. The third-order valence-corrected chi connectivity index (χ3v) is 6.75. The summed E-state index contributed by atoms with van der Waals surface area (Å²) in [4.78, 5) is 28.4. The molecule has 4 N–H and O–H groups in total. The summed E-state index contributed by atoms with van der Waals surface area (Å²) in [5.74, 6) is -0.936. The van der Waals surface area contributed by atoms with E-state index < -0.39 is 17.9 Å². The van der Waals surface area contributed by atoms with Gasteiger partial charge in [0.05, 0.1) is 11.4 Å². The average Bonchev–Trinajstić information content (AvgIpc) is 3.38. The van der Waals surface area contributed by atoms with Crippen LogP contribution >= 0.6 is 0 Å². The number of pyridine rings is 1. The largest absolute Gasteiger partial charge is 0.508 e. The monoisotopic (exact) mass is 555 g/mol. The Balaban J connectivity index is 1.35. The Kier molecular flexibility index (Phi) is 9.52. The number of nitrogens with one attached hydrogen (secondary N) is 1. The number of rotatable bonds is 12. The van der Waals surface area contributed by atoms with Crippen molar-refractivity contribution in [1.29, 1.82) is 0 Å². The van der Waals surface area contributed by atoms with Crippen molar-refractivity contribution < 1.29 is 19.4 Å². The van der Waals surface area contributed by atoms with Crippen LogP contribution in [0.3, 0.4) is 0 Å². The maximum Gasteiger partial charge on any atom is 0.246 e. The molecule has 2 amide bonds. The first-order valence-corrected chi connectivity index (χ1v) is 13.6. The van der Waals surface area contributed by atoms with Crippen LogP contribution in [0.5, 0.6) is 5.75 Å². The number of nitrogens with zero attached hydrogens (tertiary/aromatic N) is 3. The number of carbonyl (C=O) groups excluding carboxylic acids is 2. The van der Waals surface area contributed by atoms with Gasteiger partial charge in [0, 0.05) is 36.7 Å². The standard InChI is InChI=1S/C32H37N5O4/c1-32(2,3)24-8-10-25(11-9-24)37-26(20-28(36-37)23-14-16-34-17-15-23)5-4-18-41-21-30(39)35-29(31(33)40)19-22-6-12-27(38)13-7-22/h6-17,20,29,38H,4-5,18-19,21H2,1-3H3,(H2,33,40)(H,35,39). The van der Waals surface area contributed by atoms with E-state index in [2.05, 4.69) is 61.4 Å². The summed E-state index contributed by atoms with van der Waals surface area (Å²) in [7, 11) is 0. The normalized spacial score (nSPS) is 12.2. The van der Waals surface area contributed by atoms with Crippen molar-refractivity contribution in [3.05, 3.63) is 95.9 Å². The molecule has 2 aromatic carbocycles. The Morgan fingerprint density at radius 3 is 2.34 bits per heavy atom. The summed E-state index contributed by atoms with van der Waals surface area (Å²) in [6.07, 6.45) is 5.08. The second-order valence-electron chi connectivity index (χ2n) is 11.0. The fraction of sp³-hybridized carbons (Fsp3) is 0.312. The number of aromatic nitrogens is 3. The van der Waals surface area contributed by atoms with Crippen LogP contribution in [0, 0.1) is 0 Å². The third kappa shape index (κ3) is 8.25. The molecule has 0 aliphatic carbocycles. The number of aryl methyl sites for hydroxylation is 1. The first-order chi connectivity index (χ1) is 19.6. The van der Waals surface area contributed by atoms with Crippen molar-refractivity contribution >= 4 is 11.8 Å². The molecule has 0 aliphatic heterocycles. The van der Waals surface area contributed by atoms with E-state index in [-0.39, 0.29) is 24.2 Å². The molecule has 0 saturated carbocycles. The summed E-state index contributed by atoms with van der Waals surface area (Å²) in [5.41, 5.74) is 11.4. The first kappa shape index (κ1) is 29.5. The molecular weight excluding hydrogens is 518 g/mol. The second kappa shape index (κ2) is 13.2. The lowest BCUT2D eigenvalue weighted by Gasteiger charge is -2.19. The van der Waals surface area contributed by atoms with E-state index in [1.165, 1.54) is 17.7 Å². The van der Waals surface area contributed by atoms with E-state index >= 15 is 0 Å². The molecule has 0 saturated heterocycles.